The number of benzene rings is 1. The van der Waals surface area contributed by atoms with Gasteiger partial charge in [-0.15, -0.1) is 0 Å². The molecular formula is C20H32ClN3O4S. The number of hydrogen-bond donors (Lipinski definition) is 1. The summed E-state index contributed by atoms with van der Waals surface area (Å²) in [5.41, 5.74) is 0.323. The van der Waals surface area contributed by atoms with Crippen LogP contribution in [0.4, 0.5) is 5.69 Å². The second-order valence-electron chi connectivity index (χ2n) is 7.72. The molecule has 2 rings (SSSR count). The Balaban J connectivity index is 1.95. The molecule has 0 aliphatic carbocycles. The van der Waals surface area contributed by atoms with Crippen molar-refractivity contribution in [3.05, 3.63) is 23.2 Å². The van der Waals surface area contributed by atoms with E-state index in [1.807, 2.05) is 0 Å². The first kappa shape index (κ1) is 23.8. The molecule has 0 radical (unpaired) electrons. The molecule has 1 fully saturated rings. The first-order valence-corrected chi connectivity index (χ1v) is 12.2. The number of sulfonamides is 1. The molecule has 0 bridgehead atoms. The van der Waals surface area contributed by atoms with Gasteiger partial charge in [-0.3, -0.25) is 9.10 Å². The number of rotatable bonds is 9. The minimum atomic E-state index is -3.69. The number of halogens is 1. The summed E-state index contributed by atoms with van der Waals surface area (Å²) in [7, 11) is -2.20. The summed E-state index contributed by atoms with van der Waals surface area (Å²) in [4.78, 5) is 15.0. The van der Waals surface area contributed by atoms with Crippen molar-refractivity contribution in [3.63, 3.8) is 0 Å². The number of likely N-dealkylation sites (tertiary alicyclic amines) is 1. The standard InChI is InChI=1S/C20H32ClN3O4S/c1-15-8-12-23(13-9-15)11-5-10-22-20(25)16(2)24(29(4,26)27)17-6-7-19(28-3)18(21)14-17/h6-7,14-16H,5,8-13H2,1-4H3,(H,22,25). The van der Waals surface area contributed by atoms with E-state index in [1.54, 1.807) is 19.1 Å². The van der Waals surface area contributed by atoms with Gasteiger partial charge >= 0.3 is 0 Å². The van der Waals surface area contributed by atoms with Crippen molar-refractivity contribution in [3.8, 4) is 5.75 Å². The number of nitrogens with zero attached hydrogens (tertiary/aromatic N) is 2. The zero-order valence-electron chi connectivity index (χ0n) is 17.7. The molecule has 1 amide bonds. The van der Waals surface area contributed by atoms with E-state index in [1.165, 1.54) is 26.0 Å². The van der Waals surface area contributed by atoms with Crippen molar-refractivity contribution in [1.82, 2.24) is 10.2 Å². The maximum Gasteiger partial charge on any atom is 0.243 e. The van der Waals surface area contributed by atoms with Crippen LogP contribution < -0.4 is 14.4 Å². The molecule has 1 aromatic carbocycles. The van der Waals surface area contributed by atoms with Crippen molar-refractivity contribution in [1.29, 1.82) is 0 Å². The van der Waals surface area contributed by atoms with Crippen LogP contribution in [0.5, 0.6) is 5.75 Å². The first-order valence-electron chi connectivity index (χ1n) is 9.96. The fraction of sp³-hybridized carbons (Fsp3) is 0.650. The van der Waals surface area contributed by atoms with E-state index in [0.29, 0.717) is 18.0 Å². The van der Waals surface area contributed by atoms with Crippen molar-refractivity contribution < 1.29 is 17.9 Å². The lowest BCUT2D eigenvalue weighted by Gasteiger charge is -2.30. The zero-order valence-corrected chi connectivity index (χ0v) is 19.2. The third kappa shape index (κ3) is 6.76. The average Bonchev–Trinajstić information content (AvgIpc) is 2.65. The second-order valence-corrected chi connectivity index (χ2v) is 9.99. The van der Waals surface area contributed by atoms with Crippen LogP contribution in [0.3, 0.4) is 0 Å². The van der Waals surface area contributed by atoms with Gasteiger partial charge in [-0.25, -0.2) is 8.42 Å². The zero-order chi connectivity index (χ0) is 21.6. The number of carbonyl (C=O) groups excluding carboxylic acids is 1. The normalized spacial score (nSPS) is 17.0. The predicted octanol–water partition coefficient (Wildman–Crippen LogP) is 2.74. The fourth-order valence-corrected chi connectivity index (χ4v) is 4.97. The van der Waals surface area contributed by atoms with E-state index < -0.39 is 16.1 Å². The van der Waals surface area contributed by atoms with Crippen LogP contribution >= 0.6 is 11.6 Å². The van der Waals surface area contributed by atoms with Crippen LogP contribution in [0.1, 0.15) is 33.1 Å². The van der Waals surface area contributed by atoms with Gasteiger partial charge in [-0.1, -0.05) is 18.5 Å². The Bertz CT molecular complexity index is 795. The Kier molecular flexibility index (Phi) is 8.60. The summed E-state index contributed by atoms with van der Waals surface area (Å²) >= 11 is 6.14. The van der Waals surface area contributed by atoms with Gasteiger partial charge in [0.15, 0.2) is 0 Å². The number of amides is 1. The van der Waals surface area contributed by atoms with Gasteiger partial charge in [0.05, 0.1) is 24.1 Å². The van der Waals surface area contributed by atoms with Gasteiger partial charge in [0.25, 0.3) is 0 Å². The Morgan fingerprint density at radius 1 is 1.38 bits per heavy atom. The smallest absolute Gasteiger partial charge is 0.243 e. The summed E-state index contributed by atoms with van der Waals surface area (Å²) in [6.07, 6.45) is 4.35. The predicted molar refractivity (Wildman–Crippen MR) is 117 cm³/mol. The highest BCUT2D eigenvalue weighted by molar-refractivity contribution is 7.92. The third-order valence-electron chi connectivity index (χ3n) is 5.30. The van der Waals surface area contributed by atoms with E-state index in [9.17, 15) is 13.2 Å². The third-order valence-corrected chi connectivity index (χ3v) is 6.84. The van der Waals surface area contributed by atoms with E-state index in [4.69, 9.17) is 16.3 Å². The maximum atomic E-state index is 12.6. The van der Waals surface area contributed by atoms with Crippen LogP contribution in [-0.4, -0.2) is 64.8 Å². The van der Waals surface area contributed by atoms with E-state index in [2.05, 4.69) is 17.1 Å². The lowest BCUT2D eigenvalue weighted by molar-refractivity contribution is -0.121. The SMILES string of the molecule is COc1ccc(N(C(C)C(=O)NCCCN2CCC(C)CC2)S(C)(=O)=O)cc1Cl. The largest absolute Gasteiger partial charge is 0.495 e. The van der Waals surface area contributed by atoms with Crippen molar-refractivity contribution >= 4 is 33.2 Å². The van der Waals surface area contributed by atoms with Gasteiger partial charge in [0, 0.05) is 6.54 Å². The Morgan fingerprint density at radius 2 is 2.03 bits per heavy atom. The summed E-state index contributed by atoms with van der Waals surface area (Å²) in [6.45, 7) is 7.50. The van der Waals surface area contributed by atoms with Crippen LogP contribution in [0.25, 0.3) is 0 Å². The van der Waals surface area contributed by atoms with Crippen molar-refractivity contribution in [2.45, 2.75) is 39.2 Å². The summed E-state index contributed by atoms with van der Waals surface area (Å²) < 4.78 is 30.9. The van der Waals surface area contributed by atoms with Crippen LogP contribution in [-0.2, 0) is 14.8 Å². The molecule has 9 heteroatoms. The lowest BCUT2D eigenvalue weighted by atomic mass is 9.99. The fourth-order valence-electron chi connectivity index (χ4n) is 3.55. The molecule has 1 saturated heterocycles. The van der Waals surface area contributed by atoms with Crippen LogP contribution in [0, 0.1) is 5.92 Å². The minimum Gasteiger partial charge on any atom is -0.495 e. The number of anilines is 1. The Hall–Kier alpha value is -1.51. The number of methoxy groups -OCH3 is 1. The lowest BCUT2D eigenvalue weighted by Crippen LogP contribution is -2.48. The number of hydrogen-bond acceptors (Lipinski definition) is 5. The van der Waals surface area contributed by atoms with Crippen LogP contribution in [0.15, 0.2) is 18.2 Å². The van der Waals surface area contributed by atoms with Crippen LogP contribution in [0.2, 0.25) is 5.02 Å². The maximum absolute atomic E-state index is 12.6. The molecule has 1 unspecified atom stereocenters. The number of carbonyl (C=O) groups is 1. The molecule has 1 atom stereocenters. The molecular weight excluding hydrogens is 414 g/mol. The van der Waals surface area contributed by atoms with Gasteiger partial charge < -0.3 is 15.0 Å². The van der Waals surface area contributed by atoms with Gasteiger partial charge in [-0.05, 0) is 69.9 Å². The number of ether oxygens (including phenoxy) is 1. The molecule has 1 aliphatic heterocycles. The summed E-state index contributed by atoms with van der Waals surface area (Å²) in [5.74, 6) is 0.892. The average molecular weight is 446 g/mol. The van der Waals surface area contributed by atoms with Gasteiger partial charge in [0.1, 0.15) is 11.8 Å². The Labute approximate surface area is 179 Å². The molecule has 164 valence electrons. The topological polar surface area (TPSA) is 79.0 Å². The van der Waals surface area contributed by atoms with Crippen molar-refractivity contribution in [2.75, 3.05) is 43.8 Å². The van der Waals surface area contributed by atoms with Gasteiger partial charge in [-0.2, -0.15) is 0 Å². The van der Waals surface area contributed by atoms with E-state index in [-0.39, 0.29) is 10.9 Å². The molecule has 7 nitrogen and oxygen atoms in total. The highest BCUT2D eigenvalue weighted by atomic mass is 35.5. The second kappa shape index (κ2) is 10.5. The summed E-state index contributed by atoms with van der Waals surface area (Å²) in [6, 6.07) is 3.75. The minimum absolute atomic E-state index is 0.280. The molecule has 29 heavy (non-hydrogen) atoms. The molecule has 1 aromatic rings. The van der Waals surface area contributed by atoms with E-state index >= 15 is 0 Å². The summed E-state index contributed by atoms with van der Waals surface area (Å²) in [5, 5.41) is 3.14. The molecule has 0 saturated carbocycles. The first-order chi connectivity index (χ1) is 13.6. The molecule has 1 heterocycles. The molecule has 1 aliphatic rings. The number of piperidine rings is 1. The Morgan fingerprint density at radius 3 is 2.59 bits per heavy atom. The van der Waals surface area contributed by atoms with Crippen molar-refractivity contribution in [2.24, 2.45) is 5.92 Å². The monoisotopic (exact) mass is 445 g/mol. The van der Waals surface area contributed by atoms with Gasteiger partial charge in [0.2, 0.25) is 15.9 Å². The molecule has 0 aromatic heterocycles. The quantitative estimate of drug-likeness (QED) is 0.591. The molecule has 1 N–H and O–H groups in total. The van der Waals surface area contributed by atoms with E-state index in [0.717, 1.165) is 42.5 Å². The highest BCUT2D eigenvalue weighted by Gasteiger charge is 2.29. The highest BCUT2D eigenvalue weighted by Crippen LogP contribution is 2.31. The molecule has 0 spiro atoms. The number of nitrogens with one attached hydrogen (secondary N) is 1.